The van der Waals surface area contributed by atoms with E-state index in [4.69, 9.17) is 17.3 Å². The van der Waals surface area contributed by atoms with Crippen molar-refractivity contribution >= 4 is 50.2 Å². The maximum atomic E-state index is 6.61. The summed E-state index contributed by atoms with van der Waals surface area (Å²) in [5.41, 5.74) is 9.98. The van der Waals surface area contributed by atoms with Crippen LogP contribution in [0.5, 0.6) is 0 Å². The van der Waals surface area contributed by atoms with Gasteiger partial charge in [0.1, 0.15) is 5.15 Å². The highest BCUT2D eigenvalue weighted by atomic mass is 35.5. The van der Waals surface area contributed by atoms with Crippen molar-refractivity contribution in [1.82, 2.24) is 4.98 Å². The molecule has 0 bridgehead atoms. The van der Waals surface area contributed by atoms with Crippen molar-refractivity contribution in [2.45, 2.75) is 64.0 Å². The highest BCUT2D eigenvalue weighted by molar-refractivity contribution is 7.20. The maximum absolute atomic E-state index is 6.61. The molecule has 2 atom stereocenters. The van der Waals surface area contributed by atoms with E-state index >= 15 is 0 Å². The van der Waals surface area contributed by atoms with Crippen LogP contribution in [0.3, 0.4) is 0 Å². The molecule has 144 valence electrons. The third-order valence-electron chi connectivity index (χ3n) is 5.57. The van der Waals surface area contributed by atoms with Crippen LogP contribution in [0.2, 0.25) is 5.15 Å². The van der Waals surface area contributed by atoms with Gasteiger partial charge < -0.3 is 11.1 Å². The minimum atomic E-state index is 0.245. The number of fused-ring (bicyclic) bond motifs is 1. The molecule has 0 amide bonds. The van der Waals surface area contributed by atoms with Crippen molar-refractivity contribution < 1.29 is 0 Å². The second kappa shape index (κ2) is 8.48. The van der Waals surface area contributed by atoms with Crippen LogP contribution in [0, 0.1) is 6.92 Å². The molecule has 1 aliphatic carbocycles. The zero-order valence-electron chi connectivity index (χ0n) is 15.6. The second-order valence-electron chi connectivity index (χ2n) is 7.46. The second-order valence-corrected chi connectivity index (χ2v) is 9.93. The zero-order valence-corrected chi connectivity index (χ0v) is 18.0. The molecule has 0 aliphatic heterocycles. The molecule has 0 aromatic carbocycles. The summed E-state index contributed by atoms with van der Waals surface area (Å²) in [6.07, 6.45) is 7.46. The topological polar surface area (TPSA) is 50.9 Å². The number of halogens is 1. The highest BCUT2D eigenvalue weighted by Gasteiger charge is 2.26. The van der Waals surface area contributed by atoms with Crippen molar-refractivity contribution in [3.8, 4) is 0 Å². The fourth-order valence-corrected chi connectivity index (χ4v) is 6.37. The molecule has 0 saturated heterocycles. The molecule has 0 spiro atoms. The third kappa shape index (κ3) is 4.16. The number of hydrogen-bond donors (Lipinski definition) is 2. The molecule has 1 fully saturated rings. The largest absolute Gasteiger partial charge is 0.379 e. The van der Waals surface area contributed by atoms with Gasteiger partial charge in [-0.1, -0.05) is 43.4 Å². The Morgan fingerprint density at radius 3 is 2.85 bits per heavy atom. The Morgan fingerprint density at radius 1 is 1.26 bits per heavy atom. The van der Waals surface area contributed by atoms with Crippen LogP contribution in [0.25, 0.3) is 10.2 Å². The van der Waals surface area contributed by atoms with Crippen LogP contribution in [0.1, 0.15) is 59.8 Å². The van der Waals surface area contributed by atoms with Gasteiger partial charge in [0.25, 0.3) is 0 Å². The number of nitrogens with one attached hydrogen (secondary N) is 1. The number of aryl methyl sites for hydroxylation is 1. The van der Waals surface area contributed by atoms with E-state index in [9.17, 15) is 0 Å². The molecule has 3 heterocycles. The molecular formula is C21H26ClN3S2. The van der Waals surface area contributed by atoms with Crippen molar-refractivity contribution in [2.24, 2.45) is 5.73 Å². The van der Waals surface area contributed by atoms with Crippen molar-refractivity contribution in [1.29, 1.82) is 0 Å². The van der Waals surface area contributed by atoms with E-state index in [1.165, 1.54) is 52.1 Å². The molecule has 4 rings (SSSR count). The summed E-state index contributed by atoms with van der Waals surface area (Å²) >= 11 is 9.98. The summed E-state index contributed by atoms with van der Waals surface area (Å²) in [5, 5.41) is 6.23. The van der Waals surface area contributed by atoms with Gasteiger partial charge in [-0.25, -0.2) is 4.98 Å². The highest BCUT2D eigenvalue weighted by Crippen LogP contribution is 2.43. The van der Waals surface area contributed by atoms with Crippen molar-refractivity contribution in [3.63, 3.8) is 0 Å². The fourth-order valence-electron chi connectivity index (χ4n) is 4.08. The van der Waals surface area contributed by atoms with Gasteiger partial charge in [-0.2, -0.15) is 0 Å². The minimum absolute atomic E-state index is 0.245. The van der Waals surface area contributed by atoms with Gasteiger partial charge >= 0.3 is 0 Å². The summed E-state index contributed by atoms with van der Waals surface area (Å²) in [6, 6.07) is 6.43. The van der Waals surface area contributed by atoms with E-state index in [1.54, 1.807) is 11.3 Å². The normalized spacial score (nSPS) is 21.1. The SMILES string of the molecule is Cc1c([C@@H]2CCCCCC[C@H]2N)sc2c(NCc3cccs3)cc(Cl)nc12. The van der Waals surface area contributed by atoms with Crippen molar-refractivity contribution in [3.05, 3.63) is 44.1 Å². The maximum Gasteiger partial charge on any atom is 0.131 e. The van der Waals surface area contributed by atoms with Crippen LogP contribution in [-0.4, -0.2) is 11.0 Å². The van der Waals surface area contributed by atoms with Crippen molar-refractivity contribution in [2.75, 3.05) is 5.32 Å². The van der Waals surface area contributed by atoms with E-state index < -0.39 is 0 Å². The fraction of sp³-hybridized carbons (Fsp3) is 0.476. The van der Waals surface area contributed by atoms with Gasteiger partial charge in [-0.3, -0.25) is 0 Å². The monoisotopic (exact) mass is 419 g/mol. The Morgan fingerprint density at radius 2 is 2.07 bits per heavy atom. The molecule has 0 radical (unpaired) electrons. The molecule has 6 heteroatoms. The summed E-state index contributed by atoms with van der Waals surface area (Å²) < 4.78 is 1.21. The molecule has 3 aromatic rings. The summed E-state index contributed by atoms with van der Waals surface area (Å²) in [4.78, 5) is 7.38. The Labute approximate surface area is 174 Å². The number of rotatable bonds is 4. The van der Waals surface area contributed by atoms with Crippen LogP contribution < -0.4 is 11.1 Å². The van der Waals surface area contributed by atoms with Crippen LogP contribution in [0.4, 0.5) is 5.69 Å². The molecule has 0 unspecified atom stereocenters. The molecule has 3 nitrogen and oxygen atoms in total. The molecule has 3 aromatic heterocycles. The lowest BCUT2D eigenvalue weighted by atomic mass is 9.85. The first-order valence-corrected chi connectivity index (χ1v) is 11.8. The smallest absolute Gasteiger partial charge is 0.131 e. The van der Waals surface area contributed by atoms with Crippen LogP contribution in [-0.2, 0) is 6.54 Å². The molecule has 3 N–H and O–H groups in total. The predicted molar refractivity (Wildman–Crippen MR) is 119 cm³/mol. The first-order chi connectivity index (χ1) is 13.1. The predicted octanol–water partition coefficient (Wildman–Crippen LogP) is 6.70. The third-order valence-corrected chi connectivity index (χ3v) is 8.08. The van der Waals surface area contributed by atoms with Gasteiger partial charge in [0.05, 0.1) is 15.9 Å². The van der Waals surface area contributed by atoms with Crippen LogP contribution >= 0.6 is 34.3 Å². The number of hydrogen-bond acceptors (Lipinski definition) is 5. The van der Waals surface area contributed by atoms with E-state index in [-0.39, 0.29) is 6.04 Å². The standard InChI is InChI=1S/C21H26ClN3S2/c1-13-19-21(27-20(13)15-8-4-2-3-5-9-16(15)23)17(11-18(22)25-19)24-12-14-7-6-10-26-14/h6-7,10-11,15-16H,2-5,8-9,12,23H2,1H3,(H,24,25)/t15-,16-/m1/s1. The van der Waals surface area contributed by atoms with Gasteiger partial charge in [-0.05, 0) is 36.8 Å². The number of nitrogens with two attached hydrogens (primary N) is 1. The van der Waals surface area contributed by atoms with Gasteiger partial charge in [0.2, 0.25) is 0 Å². The molecule has 1 saturated carbocycles. The summed E-state index contributed by atoms with van der Waals surface area (Å²) in [5.74, 6) is 0.438. The Bertz CT molecular complexity index is 904. The lowest BCUT2D eigenvalue weighted by Gasteiger charge is -2.26. The number of nitrogens with zero attached hydrogens (tertiary/aromatic N) is 1. The van der Waals surface area contributed by atoms with Gasteiger partial charge in [0.15, 0.2) is 0 Å². The Hall–Kier alpha value is -1.14. The van der Waals surface area contributed by atoms with Crippen LogP contribution in [0.15, 0.2) is 23.6 Å². The molecule has 1 aliphatic rings. The summed E-state index contributed by atoms with van der Waals surface area (Å²) in [6.45, 7) is 2.99. The van der Waals surface area contributed by atoms with E-state index in [2.05, 4.69) is 34.7 Å². The van der Waals surface area contributed by atoms with Gasteiger partial charge in [-0.15, -0.1) is 22.7 Å². The minimum Gasteiger partial charge on any atom is -0.379 e. The average Bonchev–Trinajstić information content (AvgIpc) is 3.26. The first kappa shape index (κ1) is 19.2. The van der Waals surface area contributed by atoms with Gasteiger partial charge in [0, 0.05) is 34.3 Å². The lowest BCUT2D eigenvalue weighted by molar-refractivity contribution is 0.407. The zero-order chi connectivity index (χ0) is 18.8. The first-order valence-electron chi connectivity index (χ1n) is 9.75. The Balaban J connectivity index is 1.70. The average molecular weight is 420 g/mol. The molecule has 27 heavy (non-hydrogen) atoms. The number of pyridine rings is 1. The number of aromatic nitrogens is 1. The quantitative estimate of drug-likeness (QED) is 0.462. The van der Waals surface area contributed by atoms with E-state index in [0.29, 0.717) is 11.1 Å². The molecular weight excluding hydrogens is 394 g/mol. The number of anilines is 1. The lowest BCUT2D eigenvalue weighted by Crippen LogP contribution is -2.29. The Kier molecular flexibility index (Phi) is 6.02. The van der Waals surface area contributed by atoms with E-state index in [1.807, 2.05) is 17.4 Å². The summed E-state index contributed by atoms with van der Waals surface area (Å²) in [7, 11) is 0. The van der Waals surface area contributed by atoms with E-state index in [0.717, 1.165) is 24.2 Å². The number of thiophene rings is 2.